The maximum Gasteiger partial charge on any atom is 0.251 e. The van der Waals surface area contributed by atoms with Gasteiger partial charge in [0.25, 0.3) is 5.91 Å². The molecule has 1 aromatic heterocycles. The number of hydrogen-bond donors (Lipinski definition) is 1. The Kier molecular flexibility index (Phi) is 4.87. The van der Waals surface area contributed by atoms with E-state index in [-0.39, 0.29) is 12.5 Å². The lowest BCUT2D eigenvalue weighted by Crippen LogP contribution is -2.23. The van der Waals surface area contributed by atoms with Crippen LogP contribution < -0.4 is 5.32 Å². The van der Waals surface area contributed by atoms with E-state index in [0.29, 0.717) is 16.3 Å². The van der Waals surface area contributed by atoms with E-state index in [1.54, 1.807) is 12.1 Å². The molecule has 0 unspecified atom stereocenters. The molecule has 3 rings (SSSR count). The number of amides is 1. The first-order valence-electron chi connectivity index (χ1n) is 7.36. The number of halogens is 2. The SMILES string of the molecule is O=C(NCc1ccc(F)cn1)c1cccc(-c2ccc(Cl)cc2)c1. The maximum absolute atomic E-state index is 12.8. The zero-order chi connectivity index (χ0) is 16.9. The Balaban J connectivity index is 1.72. The van der Waals surface area contributed by atoms with E-state index in [9.17, 15) is 9.18 Å². The minimum absolute atomic E-state index is 0.211. The number of benzene rings is 2. The molecule has 0 spiro atoms. The van der Waals surface area contributed by atoms with Crippen LogP contribution in [0.4, 0.5) is 4.39 Å². The maximum atomic E-state index is 12.8. The van der Waals surface area contributed by atoms with Crippen LogP contribution in [0.25, 0.3) is 11.1 Å². The van der Waals surface area contributed by atoms with Crippen LogP contribution in [0.15, 0.2) is 66.9 Å². The van der Waals surface area contributed by atoms with Crippen molar-refractivity contribution >= 4 is 17.5 Å². The van der Waals surface area contributed by atoms with Crippen molar-refractivity contribution in [3.63, 3.8) is 0 Å². The number of carbonyl (C=O) groups is 1. The zero-order valence-corrected chi connectivity index (χ0v) is 13.4. The van der Waals surface area contributed by atoms with Gasteiger partial charge in [0.1, 0.15) is 5.82 Å². The molecule has 3 aromatic rings. The Morgan fingerprint density at radius 2 is 1.83 bits per heavy atom. The highest BCUT2D eigenvalue weighted by Crippen LogP contribution is 2.22. The summed E-state index contributed by atoms with van der Waals surface area (Å²) in [6, 6.07) is 17.6. The van der Waals surface area contributed by atoms with Gasteiger partial charge in [-0.2, -0.15) is 0 Å². The number of pyridine rings is 1. The van der Waals surface area contributed by atoms with Crippen molar-refractivity contribution in [3.05, 3.63) is 89.0 Å². The van der Waals surface area contributed by atoms with E-state index in [4.69, 9.17) is 11.6 Å². The van der Waals surface area contributed by atoms with Gasteiger partial charge in [0.05, 0.1) is 18.4 Å². The topological polar surface area (TPSA) is 42.0 Å². The van der Waals surface area contributed by atoms with E-state index >= 15 is 0 Å². The highest BCUT2D eigenvalue weighted by Gasteiger charge is 2.07. The molecule has 1 N–H and O–H groups in total. The summed E-state index contributed by atoms with van der Waals surface area (Å²) in [4.78, 5) is 16.2. The van der Waals surface area contributed by atoms with Crippen molar-refractivity contribution in [1.29, 1.82) is 0 Å². The molecule has 0 saturated heterocycles. The third-order valence-electron chi connectivity index (χ3n) is 3.52. The number of nitrogens with one attached hydrogen (secondary N) is 1. The Hall–Kier alpha value is -2.72. The molecular formula is C19H14ClFN2O. The number of rotatable bonds is 4. The largest absolute Gasteiger partial charge is 0.346 e. The van der Waals surface area contributed by atoms with Gasteiger partial charge < -0.3 is 5.32 Å². The summed E-state index contributed by atoms with van der Waals surface area (Å²) in [5.74, 6) is -0.613. The molecule has 120 valence electrons. The van der Waals surface area contributed by atoms with E-state index in [1.165, 1.54) is 6.07 Å². The number of nitrogens with zero attached hydrogens (tertiary/aromatic N) is 1. The van der Waals surface area contributed by atoms with Gasteiger partial charge in [0.15, 0.2) is 0 Å². The van der Waals surface area contributed by atoms with Gasteiger partial charge in [-0.05, 0) is 47.5 Å². The van der Waals surface area contributed by atoms with Crippen LogP contribution in [0.2, 0.25) is 5.02 Å². The van der Waals surface area contributed by atoms with Gasteiger partial charge >= 0.3 is 0 Å². The quantitative estimate of drug-likeness (QED) is 0.761. The van der Waals surface area contributed by atoms with Crippen LogP contribution in [0.5, 0.6) is 0 Å². The van der Waals surface area contributed by atoms with Crippen molar-refractivity contribution in [2.24, 2.45) is 0 Å². The van der Waals surface area contributed by atoms with Crippen molar-refractivity contribution in [2.75, 3.05) is 0 Å². The molecule has 3 nitrogen and oxygen atoms in total. The van der Waals surface area contributed by atoms with E-state index in [1.807, 2.05) is 42.5 Å². The highest BCUT2D eigenvalue weighted by molar-refractivity contribution is 6.30. The lowest BCUT2D eigenvalue weighted by Gasteiger charge is -2.07. The molecule has 0 saturated carbocycles. The van der Waals surface area contributed by atoms with Gasteiger partial charge in [-0.15, -0.1) is 0 Å². The van der Waals surface area contributed by atoms with Gasteiger partial charge in [0.2, 0.25) is 0 Å². The van der Waals surface area contributed by atoms with E-state index < -0.39 is 5.82 Å². The van der Waals surface area contributed by atoms with Crippen LogP contribution in [0.1, 0.15) is 16.1 Å². The second-order valence-electron chi connectivity index (χ2n) is 5.24. The molecule has 0 atom stereocenters. The summed E-state index contributed by atoms with van der Waals surface area (Å²) in [7, 11) is 0. The summed E-state index contributed by atoms with van der Waals surface area (Å²) < 4.78 is 12.8. The molecule has 0 aliphatic rings. The first kappa shape index (κ1) is 16.1. The van der Waals surface area contributed by atoms with E-state index in [0.717, 1.165) is 17.3 Å². The summed E-state index contributed by atoms with van der Waals surface area (Å²) in [5.41, 5.74) is 3.05. The third kappa shape index (κ3) is 3.97. The van der Waals surface area contributed by atoms with Gasteiger partial charge in [-0.1, -0.05) is 35.9 Å². The molecule has 2 aromatic carbocycles. The van der Waals surface area contributed by atoms with Crippen LogP contribution >= 0.6 is 11.6 Å². The Morgan fingerprint density at radius 1 is 1.04 bits per heavy atom. The second-order valence-corrected chi connectivity index (χ2v) is 5.67. The molecule has 0 fully saturated rings. The number of hydrogen-bond acceptors (Lipinski definition) is 2. The molecule has 1 amide bonds. The normalized spacial score (nSPS) is 10.4. The molecule has 24 heavy (non-hydrogen) atoms. The van der Waals surface area contributed by atoms with Gasteiger partial charge in [0, 0.05) is 10.6 Å². The monoisotopic (exact) mass is 340 g/mol. The van der Waals surface area contributed by atoms with Crippen molar-refractivity contribution < 1.29 is 9.18 Å². The third-order valence-corrected chi connectivity index (χ3v) is 3.77. The zero-order valence-electron chi connectivity index (χ0n) is 12.7. The van der Waals surface area contributed by atoms with Crippen molar-refractivity contribution in [3.8, 4) is 11.1 Å². The van der Waals surface area contributed by atoms with Crippen LogP contribution in [0, 0.1) is 5.82 Å². The fourth-order valence-corrected chi connectivity index (χ4v) is 2.39. The molecule has 0 bridgehead atoms. The van der Waals surface area contributed by atoms with Gasteiger partial charge in [-0.25, -0.2) is 4.39 Å². The average molecular weight is 341 g/mol. The van der Waals surface area contributed by atoms with Crippen LogP contribution in [-0.2, 0) is 6.54 Å². The summed E-state index contributed by atoms with van der Waals surface area (Å²) in [6.45, 7) is 0.240. The number of carbonyl (C=O) groups excluding carboxylic acids is 1. The van der Waals surface area contributed by atoms with Crippen LogP contribution in [0.3, 0.4) is 0 Å². The van der Waals surface area contributed by atoms with Gasteiger partial charge in [-0.3, -0.25) is 9.78 Å². The first-order valence-corrected chi connectivity index (χ1v) is 7.74. The molecule has 5 heteroatoms. The molecule has 0 aliphatic carbocycles. The molecule has 0 radical (unpaired) electrons. The highest BCUT2D eigenvalue weighted by atomic mass is 35.5. The Morgan fingerprint density at radius 3 is 2.54 bits per heavy atom. The molecule has 0 aliphatic heterocycles. The fraction of sp³-hybridized carbons (Fsp3) is 0.0526. The standard InChI is InChI=1S/C19H14ClFN2O/c20-16-6-4-13(5-7-16)14-2-1-3-15(10-14)19(24)23-12-18-9-8-17(21)11-22-18/h1-11H,12H2,(H,23,24). The smallest absolute Gasteiger partial charge is 0.251 e. The lowest BCUT2D eigenvalue weighted by atomic mass is 10.0. The Bertz CT molecular complexity index is 848. The van der Waals surface area contributed by atoms with Crippen molar-refractivity contribution in [2.45, 2.75) is 6.54 Å². The summed E-state index contributed by atoms with van der Waals surface area (Å²) in [6.07, 6.45) is 1.13. The van der Waals surface area contributed by atoms with Crippen molar-refractivity contribution in [1.82, 2.24) is 10.3 Å². The second kappa shape index (κ2) is 7.23. The molecule has 1 heterocycles. The first-order chi connectivity index (χ1) is 11.6. The number of aromatic nitrogens is 1. The fourth-order valence-electron chi connectivity index (χ4n) is 2.27. The predicted molar refractivity (Wildman–Crippen MR) is 92.3 cm³/mol. The summed E-state index contributed by atoms with van der Waals surface area (Å²) in [5, 5.41) is 3.44. The van der Waals surface area contributed by atoms with Crippen LogP contribution in [-0.4, -0.2) is 10.9 Å². The minimum Gasteiger partial charge on any atom is -0.346 e. The Labute approximate surface area is 144 Å². The lowest BCUT2D eigenvalue weighted by molar-refractivity contribution is 0.0950. The predicted octanol–water partition coefficient (Wildman–Crippen LogP) is 4.47. The van der Waals surface area contributed by atoms with E-state index in [2.05, 4.69) is 10.3 Å². The molecular weight excluding hydrogens is 327 g/mol. The summed E-state index contributed by atoms with van der Waals surface area (Å²) >= 11 is 5.90. The minimum atomic E-state index is -0.402. The average Bonchev–Trinajstić information content (AvgIpc) is 2.62.